The Kier molecular flexibility index (Phi) is 7.09. The monoisotopic (exact) mass is 445 g/mol. The van der Waals surface area contributed by atoms with Crippen LogP contribution in [0.2, 0.25) is 5.02 Å². The van der Waals surface area contributed by atoms with E-state index in [4.69, 9.17) is 11.6 Å². The van der Waals surface area contributed by atoms with Crippen LogP contribution in [0.3, 0.4) is 0 Å². The summed E-state index contributed by atoms with van der Waals surface area (Å²) < 4.78 is 39.9. The van der Waals surface area contributed by atoms with Gasteiger partial charge in [-0.3, -0.25) is 4.57 Å². The fourth-order valence-corrected chi connectivity index (χ4v) is 6.92. The number of rotatable bonds is 9. The highest BCUT2D eigenvalue weighted by Gasteiger charge is 2.48. The van der Waals surface area contributed by atoms with Crippen molar-refractivity contribution in [1.82, 2.24) is 4.72 Å². The molecule has 3 rings (SSSR count). The van der Waals surface area contributed by atoms with Crippen molar-refractivity contribution in [3.05, 3.63) is 41.4 Å². The topological polar surface area (TPSA) is 83.5 Å². The van der Waals surface area contributed by atoms with Gasteiger partial charge in [-0.15, -0.1) is 0 Å². The Bertz CT molecular complexity index is 849. The molecule has 28 heavy (non-hydrogen) atoms. The maximum Gasteiger partial charge on any atom is 0.240 e. The summed E-state index contributed by atoms with van der Waals surface area (Å²) >= 11 is 5.87. The highest BCUT2D eigenvalue weighted by molar-refractivity contribution is 7.89. The first-order valence-electron chi connectivity index (χ1n) is 9.88. The van der Waals surface area contributed by atoms with E-state index < -0.39 is 17.4 Å². The fourth-order valence-electron chi connectivity index (χ4n) is 4.67. The summed E-state index contributed by atoms with van der Waals surface area (Å²) in [6, 6.07) is 6.25. The van der Waals surface area contributed by atoms with Crippen LogP contribution in [0.25, 0.3) is 0 Å². The minimum Gasteiger partial charge on any atom is -0.344 e. The molecule has 156 valence electrons. The van der Waals surface area contributed by atoms with E-state index in [1.165, 1.54) is 13.1 Å². The SMILES string of the molecule is CP(=O)(O)CCC/C=C\CC1C(NS(=O)(=O)c2ccc(Cl)cc2)[C@H]2CC[C@H]1C2. The van der Waals surface area contributed by atoms with Gasteiger partial charge in [-0.05, 0) is 80.5 Å². The Morgan fingerprint density at radius 1 is 1.21 bits per heavy atom. The Morgan fingerprint density at radius 3 is 2.57 bits per heavy atom. The standard InChI is InChI=1S/C20H29ClNO4PS/c1-27(23,24)13-5-3-2-4-6-19-15-7-8-16(14-15)20(19)22-28(25,26)18-11-9-17(21)10-12-18/h2,4,9-12,15-16,19-20,22H,3,5-8,13-14H2,1H3,(H,23,24)/b4-2-/t15-,16-,19?,20?/m0/s1. The molecule has 0 radical (unpaired) electrons. The first-order chi connectivity index (χ1) is 13.2. The number of sulfonamides is 1. The number of benzene rings is 1. The molecule has 0 amide bonds. The lowest BCUT2D eigenvalue weighted by molar-refractivity contribution is 0.274. The third-order valence-electron chi connectivity index (χ3n) is 6.02. The highest BCUT2D eigenvalue weighted by Crippen LogP contribution is 2.50. The Balaban J connectivity index is 1.60. The van der Waals surface area contributed by atoms with Crippen LogP contribution in [-0.4, -0.2) is 32.2 Å². The molecule has 0 aromatic heterocycles. The van der Waals surface area contributed by atoms with Gasteiger partial charge in [0.15, 0.2) is 7.37 Å². The van der Waals surface area contributed by atoms with Crippen LogP contribution < -0.4 is 4.72 Å². The maximum atomic E-state index is 12.8. The Labute approximate surface area is 173 Å². The molecule has 2 saturated carbocycles. The lowest BCUT2D eigenvalue weighted by atomic mass is 9.83. The molecule has 2 aliphatic carbocycles. The van der Waals surface area contributed by atoms with Crippen LogP contribution in [-0.2, 0) is 14.6 Å². The first-order valence-corrected chi connectivity index (χ1v) is 14.0. The van der Waals surface area contributed by atoms with Crippen LogP contribution >= 0.6 is 19.0 Å². The molecule has 1 aromatic rings. The molecule has 5 atom stereocenters. The number of nitrogens with one attached hydrogen (secondary N) is 1. The molecule has 1 aromatic carbocycles. The summed E-state index contributed by atoms with van der Waals surface area (Å²) in [6.45, 7) is 1.39. The second-order valence-corrected chi connectivity index (χ2v) is 12.9. The van der Waals surface area contributed by atoms with Crippen molar-refractivity contribution in [2.75, 3.05) is 12.8 Å². The predicted octanol–water partition coefficient (Wildman–Crippen LogP) is 4.66. The molecule has 0 saturated heterocycles. The van der Waals surface area contributed by atoms with Gasteiger partial charge in [0.25, 0.3) is 0 Å². The predicted molar refractivity (Wildman–Crippen MR) is 113 cm³/mol. The molecule has 2 N–H and O–H groups in total. The van der Waals surface area contributed by atoms with Crippen molar-refractivity contribution >= 4 is 29.0 Å². The van der Waals surface area contributed by atoms with Crippen molar-refractivity contribution in [1.29, 1.82) is 0 Å². The lowest BCUT2D eigenvalue weighted by Crippen LogP contribution is -2.43. The molecule has 0 heterocycles. The largest absolute Gasteiger partial charge is 0.344 e. The smallest absolute Gasteiger partial charge is 0.240 e. The molecule has 2 fully saturated rings. The van der Waals surface area contributed by atoms with E-state index >= 15 is 0 Å². The van der Waals surface area contributed by atoms with E-state index in [1.54, 1.807) is 24.3 Å². The summed E-state index contributed by atoms with van der Waals surface area (Å²) in [6.07, 6.45) is 10.2. The number of fused-ring (bicyclic) bond motifs is 2. The normalized spacial score (nSPS) is 29.4. The van der Waals surface area contributed by atoms with Gasteiger partial charge >= 0.3 is 0 Å². The van der Waals surface area contributed by atoms with E-state index in [-0.39, 0.29) is 10.9 Å². The van der Waals surface area contributed by atoms with Crippen molar-refractivity contribution in [3.63, 3.8) is 0 Å². The zero-order chi connectivity index (χ0) is 20.4. The van der Waals surface area contributed by atoms with E-state index in [0.29, 0.717) is 35.4 Å². The maximum absolute atomic E-state index is 12.8. The molecule has 2 bridgehead atoms. The molecule has 2 aliphatic rings. The summed E-state index contributed by atoms with van der Waals surface area (Å²) in [7, 11) is -6.49. The van der Waals surface area contributed by atoms with Gasteiger partial charge in [0.05, 0.1) is 4.90 Å². The van der Waals surface area contributed by atoms with E-state index in [0.717, 1.165) is 25.7 Å². The van der Waals surface area contributed by atoms with Crippen LogP contribution in [0.15, 0.2) is 41.3 Å². The second kappa shape index (κ2) is 9.01. The van der Waals surface area contributed by atoms with Crippen molar-refractivity contribution in [2.45, 2.75) is 49.5 Å². The Morgan fingerprint density at radius 2 is 1.89 bits per heavy atom. The second-order valence-electron chi connectivity index (χ2n) is 8.22. The molecule has 8 heteroatoms. The average molecular weight is 446 g/mol. The third-order valence-corrected chi connectivity index (χ3v) is 8.90. The van der Waals surface area contributed by atoms with Crippen LogP contribution in [0, 0.1) is 17.8 Å². The third kappa shape index (κ3) is 5.70. The van der Waals surface area contributed by atoms with E-state index in [9.17, 15) is 17.9 Å². The zero-order valence-corrected chi connectivity index (χ0v) is 18.6. The van der Waals surface area contributed by atoms with Crippen LogP contribution in [0.1, 0.15) is 38.5 Å². The average Bonchev–Trinajstić information content (AvgIpc) is 3.19. The number of hydrogen-bond acceptors (Lipinski definition) is 3. The van der Waals surface area contributed by atoms with Gasteiger partial charge in [0.1, 0.15) is 0 Å². The van der Waals surface area contributed by atoms with Gasteiger partial charge in [0.2, 0.25) is 10.0 Å². The number of allylic oxidation sites excluding steroid dienone is 2. The summed E-state index contributed by atoms with van der Waals surface area (Å²) in [5.74, 6) is 1.29. The van der Waals surface area contributed by atoms with Crippen molar-refractivity contribution in [2.24, 2.45) is 17.8 Å². The lowest BCUT2D eigenvalue weighted by Gasteiger charge is -2.31. The van der Waals surface area contributed by atoms with Gasteiger partial charge in [-0.1, -0.05) is 23.8 Å². The van der Waals surface area contributed by atoms with Crippen molar-refractivity contribution < 1.29 is 17.9 Å². The summed E-state index contributed by atoms with van der Waals surface area (Å²) in [5.41, 5.74) is 0. The van der Waals surface area contributed by atoms with Gasteiger partial charge in [-0.25, -0.2) is 13.1 Å². The molecular weight excluding hydrogens is 417 g/mol. The first kappa shape index (κ1) is 22.0. The van der Waals surface area contributed by atoms with E-state index in [1.807, 2.05) is 0 Å². The molecule has 3 unspecified atom stereocenters. The minimum atomic E-state index is -3.56. The number of halogens is 1. The van der Waals surface area contributed by atoms with Crippen molar-refractivity contribution in [3.8, 4) is 0 Å². The molecule has 0 spiro atoms. The fraction of sp³-hybridized carbons (Fsp3) is 0.600. The molecular formula is C20H29ClNO4PS. The van der Waals surface area contributed by atoms with Gasteiger partial charge < -0.3 is 4.89 Å². The van der Waals surface area contributed by atoms with Crippen LogP contribution in [0.5, 0.6) is 0 Å². The number of unbranched alkanes of at least 4 members (excludes halogenated alkanes) is 1. The van der Waals surface area contributed by atoms with E-state index in [2.05, 4.69) is 16.9 Å². The van der Waals surface area contributed by atoms with Gasteiger partial charge in [0, 0.05) is 23.9 Å². The molecule has 0 aliphatic heterocycles. The molecule has 5 nitrogen and oxygen atoms in total. The number of hydrogen-bond donors (Lipinski definition) is 2. The minimum absolute atomic E-state index is 0.0302. The zero-order valence-electron chi connectivity index (χ0n) is 16.1. The highest BCUT2D eigenvalue weighted by atomic mass is 35.5. The summed E-state index contributed by atoms with van der Waals surface area (Å²) in [5, 5.41) is 0.516. The van der Waals surface area contributed by atoms with Gasteiger partial charge in [-0.2, -0.15) is 0 Å². The Hall–Kier alpha value is -0.650. The quantitative estimate of drug-likeness (QED) is 0.329. The van der Waals surface area contributed by atoms with Crippen LogP contribution in [0.4, 0.5) is 0 Å². The summed E-state index contributed by atoms with van der Waals surface area (Å²) in [4.78, 5) is 9.58.